The molecule has 3 rings (SSSR count). The average Bonchev–Trinajstić information content (AvgIpc) is 2.60. The van der Waals surface area contributed by atoms with Crippen LogP contribution in [0.5, 0.6) is 5.75 Å². The normalized spacial score (nSPS) is 21.9. The zero-order valence-electron chi connectivity index (χ0n) is 15.5. The van der Waals surface area contributed by atoms with E-state index < -0.39 is 0 Å². The third-order valence-electron chi connectivity index (χ3n) is 5.09. The van der Waals surface area contributed by atoms with Crippen molar-refractivity contribution in [2.24, 2.45) is 0 Å². The average molecular weight is 339 g/mol. The maximum Gasteiger partial charge on any atom is 0.119 e. The number of benzene rings is 2. The zero-order chi connectivity index (χ0) is 17.9. The molecule has 1 aliphatic rings. The van der Waals surface area contributed by atoms with Gasteiger partial charge in [-0.1, -0.05) is 42.5 Å². The van der Waals surface area contributed by atoms with Crippen LogP contribution in [0.25, 0.3) is 0 Å². The molecule has 0 saturated carbocycles. The second-order valence-electron chi connectivity index (χ2n) is 7.92. The molecule has 3 heteroatoms. The van der Waals surface area contributed by atoms with Gasteiger partial charge in [0.2, 0.25) is 0 Å². The highest BCUT2D eigenvalue weighted by atomic mass is 16.5. The van der Waals surface area contributed by atoms with Gasteiger partial charge in [-0.3, -0.25) is 4.90 Å². The fourth-order valence-corrected chi connectivity index (χ4v) is 3.48. The van der Waals surface area contributed by atoms with Gasteiger partial charge in [-0.2, -0.15) is 0 Å². The molecule has 25 heavy (non-hydrogen) atoms. The van der Waals surface area contributed by atoms with Crippen molar-refractivity contribution in [2.75, 3.05) is 13.1 Å². The van der Waals surface area contributed by atoms with Gasteiger partial charge >= 0.3 is 0 Å². The van der Waals surface area contributed by atoms with Gasteiger partial charge in [0.25, 0.3) is 0 Å². The number of rotatable bonds is 4. The summed E-state index contributed by atoms with van der Waals surface area (Å²) in [5.74, 6) is 1.08. The predicted octanol–water partition coefficient (Wildman–Crippen LogP) is 4.21. The largest absolute Gasteiger partial charge is 0.489 e. The van der Waals surface area contributed by atoms with Crippen molar-refractivity contribution in [1.82, 2.24) is 4.90 Å². The number of piperidine rings is 1. The molecule has 0 radical (unpaired) electrons. The molecule has 1 fully saturated rings. The lowest BCUT2D eigenvalue weighted by atomic mass is 9.85. The first-order valence-electron chi connectivity index (χ1n) is 9.13. The van der Waals surface area contributed by atoms with Crippen molar-refractivity contribution >= 4 is 0 Å². The van der Waals surface area contributed by atoms with Crippen LogP contribution < -0.4 is 4.74 Å². The van der Waals surface area contributed by atoms with E-state index in [0.29, 0.717) is 6.61 Å². The lowest BCUT2D eigenvalue weighted by Crippen LogP contribution is -2.51. The van der Waals surface area contributed by atoms with Crippen molar-refractivity contribution in [3.8, 4) is 5.75 Å². The molecule has 1 heterocycles. The van der Waals surface area contributed by atoms with E-state index in [1.54, 1.807) is 0 Å². The van der Waals surface area contributed by atoms with Gasteiger partial charge in [-0.15, -0.1) is 0 Å². The highest BCUT2D eigenvalue weighted by Crippen LogP contribution is 2.32. The Morgan fingerprint density at radius 2 is 1.72 bits per heavy atom. The first kappa shape index (κ1) is 18.0. The van der Waals surface area contributed by atoms with Gasteiger partial charge in [0.15, 0.2) is 0 Å². The van der Waals surface area contributed by atoms with Gasteiger partial charge in [0, 0.05) is 18.0 Å². The summed E-state index contributed by atoms with van der Waals surface area (Å²) in [5.41, 5.74) is 2.48. The molecule has 3 nitrogen and oxygen atoms in total. The van der Waals surface area contributed by atoms with Crippen LogP contribution in [0.1, 0.15) is 44.2 Å². The number of ether oxygens (including phenoxy) is 1. The molecule has 0 spiro atoms. The molecular formula is C22H29NO2. The monoisotopic (exact) mass is 339 g/mol. The van der Waals surface area contributed by atoms with E-state index in [-0.39, 0.29) is 17.6 Å². The molecule has 0 unspecified atom stereocenters. The molecule has 1 saturated heterocycles. The van der Waals surface area contributed by atoms with Crippen molar-refractivity contribution in [1.29, 1.82) is 0 Å². The molecule has 0 bridgehead atoms. The van der Waals surface area contributed by atoms with Crippen LogP contribution in [0.15, 0.2) is 54.6 Å². The zero-order valence-corrected chi connectivity index (χ0v) is 15.5. The maximum absolute atomic E-state index is 10.6. The topological polar surface area (TPSA) is 32.7 Å². The van der Waals surface area contributed by atoms with Gasteiger partial charge in [0.1, 0.15) is 12.4 Å². The fourth-order valence-electron chi connectivity index (χ4n) is 3.48. The van der Waals surface area contributed by atoms with Gasteiger partial charge in [-0.25, -0.2) is 0 Å². The molecule has 0 aromatic heterocycles. The third-order valence-corrected chi connectivity index (χ3v) is 5.09. The highest BCUT2D eigenvalue weighted by Gasteiger charge is 2.33. The number of aliphatic hydroxyl groups excluding tert-OH is 1. The summed E-state index contributed by atoms with van der Waals surface area (Å²) >= 11 is 0. The Hall–Kier alpha value is -1.84. The van der Waals surface area contributed by atoms with Crippen LogP contribution >= 0.6 is 0 Å². The molecule has 2 atom stereocenters. The lowest BCUT2D eigenvalue weighted by molar-refractivity contribution is 0.00792. The smallest absolute Gasteiger partial charge is 0.119 e. The predicted molar refractivity (Wildman–Crippen MR) is 102 cm³/mol. The van der Waals surface area contributed by atoms with Crippen molar-refractivity contribution in [3.63, 3.8) is 0 Å². The molecule has 0 amide bonds. The Balaban J connectivity index is 1.59. The molecule has 2 aromatic carbocycles. The number of hydrogen-bond donors (Lipinski definition) is 1. The lowest BCUT2D eigenvalue weighted by Gasteiger charge is -2.43. The second kappa shape index (κ2) is 7.59. The second-order valence-corrected chi connectivity index (χ2v) is 7.92. The highest BCUT2D eigenvalue weighted by molar-refractivity contribution is 5.31. The molecule has 0 aliphatic carbocycles. The van der Waals surface area contributed by atoms with Gasteiger partial charge < -0.3 is 9.84 Å². The summed E-state index contributed by atoms with van der Waals surface area (Å²) < 4.78 is 5.85. The number of β-amino-alcohol motifs (C(OH)–C–C–N with tert-alkyl or cyclic N) is 1. The Morgan fingerprint density at radius 3 is 2.32 bits per heavy atom. The van der Waals surface area contributed by atoms with Crippen molar-refractivity contribution in [2.45, 2.75) is 51.4 Å². The third kappa shape index (κ3) is 4.62. The molecule has 1 aliphatic heterocycles. The van der Waals surface area contributed by atoms with Crippen LogP contribution in [0.4, 0.5) is 0 Å². The van der Waals surface area contributed by atoms with E-state index in [0.717, 1.165) is 30.8 Å². The minimum Gasteiger partial charge on any atom is -0.489 e. The summed E-state index contributed by atoms with van der Waals surface area (Å²) in [7, 11) is 0. The van der Waals surface area contributed by atoms with Crippen LogP contribution in [-0.2, 0) is 6.61 Å². The number of hydrogen-bond acceptors (Lipinski definition) is 3. The Kier molecular flexibility index (Phi) is 5.45. The van der Waals surface area contributed by atoms with E-state index in [1.165, 1.54) is 5.56 Å². The fraction of sp³-hybridized carbons (Fsp3) is 0.455. The van der Waals surface area contributed by atoms with Crippen LogP contribution in [-0.4, -0.2) is 34.7 Å². The molecule has 1 N–H and O–H groups in total. The van der Waals surface area contributed by atoms with Crippen LogP contribution in [0, 0.1) is 0 Å². The van der Waals surface area contributed by atoms with Gasteiger partial charge in [-0.05, 0) is 57.0 Å². The molecule has 2 aromatic rings. The Bertz CT molecular complexity index is 661. The van der Waals surface area contributed by atoms with Crippen LogP contribution in [0.2, 0.25) is 0 Å². The quantitative estimate of drug-likeness (QED) is 0.905. The van der Waals surface area contributed by atoms with Crippen LogP contribution in [0.3, 0.4) is 0 Å². The number of nitrogens with zero attached hydrogens (tertiary/aromatic N) is 1. The Morgan fingerprint density at radius 1 is 1.04 bits per heavy atom. The number of likely N-dealkylation sites (tertiary alicyclic amines) is 1. The summed E-state index contributed by atoms with van der Waals surface area (Å²) in [6.07, 6.45) is 0.673. The van der Waals surface area contributed by atoms with E-state index in [9.17, 15) is 5.11 Å². The number of aliphatic hydroxyl groups is 1. The van der Waals surface area contributed by atoms with Crippen molar-refractivity contribution in [3.05, 3.63) is 65.7 Å². The summed E-state index contributed by atoms with van der Waals surface area (Å²) in [6, 6.07) is 18.4. The molecule has 134 valence electrons. The maximum atomic E-state index is 10.6. The SMILES string of the molecule is CC(C)(C)N1CC[C@@H](c2ccc(OCc3ccccc3)cc2)[C@H](O)C1. The minimum atomic E-state index is -0.316. The van der Waals surface area contributed by atoms with Gasteiger partial charge in [0.05, 0.1) is 6.10 Å². The minimum absolute atomic E-state index is 0.112. The van der Waals surface area contributed by atoms with E-state index >= 15 is 0 Å². The van der Waals surface area contributed by atoms with E-state index in [4.69, 9.17) is 4.74 Å². The summed E-state index contributed by atoms with van der Waals surface area (Å²) in [5, 5.41) is 10.6. The summed E-state index contributed by atoms with van der Waals surface area (Å²) in [6.45, 7) is 8.96. The van der Waals surface area contributed by atoms with E-state index in [2.05, 4.69) is 49.9 Å². The van der Waals surface area contributed by atoms with Crippen molar-refractivity contribution < 1.29 is 9.84 Å². The molecular weight excluding hydrogens is 310 g/mol. The standard InChI is InChI=1S/C22H29NO2/c1-22(2,3)23-14-13-20(21(24)15-23)18-9-11-19(12-10-18)25-16-17-7-5-4-6-8-17/h4-12,20-21,24H,13-16H2,1-3H3/t20-,21+/m0/s1. The summed E-state index contributed by atoms with van der Waals surface area (Å²) in [4.78, 5) is 2.37. The Labute approximate surface area is 151 Å². The van der Waals surface area contributed by atoms with E-state index in [1.807, 2.05) is 30.3 Å². The first-order chi connectivity index (χ1) is 11.9. The first-order valence-corrected chi connectivity index (χ1v) is 9.13.